The first-order chi connectivity index (χ1) is 7.89. The van der Waals surface area contributed by atoms with Gasteiger partial charge >= 0.3 is 0 Å². The van der Waals surface area contributed by atoms with Gasteiger partial charge in [-0.1, -0.05) is 11.6 Å². The second-order valence-corrected chi connectivity index (χ2v) is 5.91. The van der Waals surface area contributed by atoms with Crippen molar-refractivity contribution in [2.75, 3.05) is 6.54 Å². The zero-order valence-electron chi connectivity index (χ0n) is 10.5. The molecule has 0 N–H and O–H groups in total. The molecule has 1 aliphatic heterocycles. The summed E-state index contributed by atoms with van der Waals surface area (Å²) in [6.07, 6.45) is 3.30. The van der Waals surface area contributed by atoms with Crippen LogP contribution in [0, 0.1) is 5.82 Å². The molecule has 1 aromatic heterocycles. The second kappa shape index (κ2) is 4.54. The van der Waals surface area contributed by atoms with Crippen molar-refractivity contribution in [1.82, 2.24) is 9.88 Å². The Bertz CT molecular complexity index is 414. The van der Waals surface area contributed by atoms with E-state index in [2.05, 4.69) is 30.7 Å². The Kier molecular flexibility index (Phi) is 3.41. The van der Waals surface area contributed by atoms with Crippen LogP contribution in [-0.4, -0.2) is 22.0 Å². The van der Waals surface area contributed by atoms with Gasteiger partial charge in [-0.05, 0) is 46.2 Å². The average Bonchev–Trinajstić information content (AvgIpc) is 2.69. The summed E-state index contributed by atoms with van der Waals surface area (Å²) in [7, 11) is 0. The molecule has 1 aromatic rings. The minimum atomic E-state index is -0.315. The number of nitrogens with zero attached hydrogens (tertiary/aromatic N) is 2. The van der Waals surface area contributed by atoms with Crippen LogP contribution < -0.4 is 0 Å². The highest BCUT2D eigenvalue weighted by Crippen LogP contribution is 2.39. The van der Waals surface area contributed by atoms with E-state index in [9.17, 15) is 4.39 Å². The van der Waals surface area contributed by atoms with Crippen molar-refractivity contribution in [3.63, 3.8) is 0 Å². The Balaban J connectivity index is 2.35. The quantitative estimate of drug-likeness (QED) is 0.711. The Morgan fingerprint density at radius 1 is 1.47 bits per heavy atom. The lowest BCUT2D eigenvalue weighted by atomic mass is 10.0. The molecule has 1 fully saturated rings. The van der Waals surface area contributed by atoms with E-state index < -0.39 is 0 Å². The molecule has 17 heavy (non-hydrogen) atoms. The maximum atomic E-state index is 13.3. The molecule has 1 saturated heterocycles. The topological polar surface area (TPSA) is 16.1 Å². The van der Waals surface area contributed by atoms with E-state index in [1.165, 1.54) is 12.3 Å². The summed E-state index contributed by atoms with van der Waals surface area (Å²) in [5.74, 6) is -0.315. The van der Waals surface area contributed by atoms with Gasteiger partial charge in [-0.15, -0.1) is 0 Å². The van der Waals surface area contributed by atoms with Gasteiger partial charge in [0.25, 0.3) is 0 Å². The predicted octanol–water partition coefficient (Wildman–Crippen LogP) is 3.81. The summed E-state index contributed by atoms with van der Waals surface area (Å²) in [5.41, 5.74) is 0.885. The number of aromatic nitrogens is 1. The minimum absolute atomic E-state index is 0.0663. The Hall–Kier alpha value is -0.670. The van der Waals surface area contributed by atoms with Crippen molar-refractivity contribution in [3.05, 3.63) is 28.8 Å². The molecule has 0 saturated carbocycles. The van der Waals surface area contributed by atoms with Crippen molar-refractivity contribution in [2.45, 2.75) is 45.2 Å². The first-order valence-electron chi connectivity index (χ1n) is 5.97. The molecule has 94 valence electrons. The van der Waals surface area contributed by atoms with Crippen molar-refractivity contribution in [2.24, 2.45) is 0 Å². The maximum Gasteiger partial charge on any atom is 0.141 e. The van der Waals surface area contributed by atoms with Crippen molar-refractivity contribution >= 4 is 11.6 Å². The van der Waals surface area contributed by atoms with Crippen LogP contribution in [0.25, 0.3) is 0 Å². The molecule has 2 nitrogen and oxygen atoms in total. The molecular formula is C13H18ClFN2. The van der Waals surface area contributed by atoms with Crippen LogP contribution in [0.2, 0.25) is 5.15 Å². The Morgan fingerprint density at radius 2 is 2.18 bits per heavy atom. The normalized spacial score (nSPS) is 22.1. The predicted molar refractivity (Wildman–Crippen MR) is 67.6 cm³/mol. The van der Waals surface area contributed by atoms with Crippen LogP contribution in [0.4, 0.5) is 4.39 Å². The molecule has 1 atom stereocenters. The highest BCUT2D eigenvalue weighted by molar-refractivity contribution is 6.30. The molecule has 0 amide bonds. The van der Waals surface area contributed by atoms with Gasteiger partial charge in [-0.25, -0.2) is 9.37 Å². The van der Waals surface area contributed by atoms with E-state index in [4.69, 9.17) is 11.6 Å². The standard InChI is InChI=1S/C13H18ClFN2/c1-13(2,3)17-6-4-5-11(17)10-7-9(15)8-16-12(10)14/h7-8,11H,4-6H2,1-3H3/t11-/m1/s1. The maximum absolute atomic E-state index is 13.3. The fraction of sp³-hybridized carbons (Fsp3) is 0.615. The number of halogens is 2. The lowest BCUT2D eigenvalue weighted by molar-refractivity contribution is 0.121. The Labute approximate surface area is 107 Å². The first kappa shape index (κ1) is 12.8. The van der Waals surface area contributed by atoms with Gasteiger partial charge in [-0.3, -0.25) is 4.90 Å². The molecule has 0 spiro atoms. The summed E-state index contributed by atoms with van der Waals surface area (Å²) < 4.78 is 13.3. The van der Waals surface area contributed by atoms with E-state index >= 15 is 0 Å². The van der Waals surface area contributed by atoms with Gasteiger partial charge in [0.2, 0.25) is 0 Å². The highest BCUT2D eigenvalue weighted by atomic mass is 35.5. The summed E-state index contributed by atoms with van der Waals surface area (Å²) in [4.78, 5) is 6.27. The molecule has 2 heterocycles. The molecule has 4 heteroatoms. The van der Waals surface area contributed by atoms with Crippen LogP contribution in [0.5, 0.6) is 0 Å². The molecule has 0 radical (unpaired) electrons. The number of hydrogen-bond donors (Lipinski definition) is 0. The van der Waals surface area contributed by atoms with E-state index in [-0.39, 0.29) is 17.4 Å². The smallest absolute Gasteiger partial charge is 0.141 e. The van der Waals surface area contributed by atoms with E-state index in [0.717, 1.165) is 24.9 Å². The third-order valence-electron chi connectivity index (χ3n) is 3.31. The van der Waals surface area contributed by atoms with E-state index in [1.54, 1.807) is 0 Å². The molecule has 0 aromatic carbocycles. The first-order valence-corrected chi connectivity index (χ1v) is 6.35. The largest absolute Gasteiger partial charge is 0.291 e. The van der Waals surface area contributed by atoms with Crippen molar-refractivity contribution in [1.29, 1.82) is 0 Å². The third kappa shape index (κ3) is 2.61. The van der Waals surface area contributed by atoms with Gasteiger partial charge in [0.15, 0.2) is 0 Å². The Morgan fingerprint density at radius 3 is 2.82 bits per heavy atom. The molecule has 0 aliphatic carbocycles. The zero-order chi connectivity index (χ0) is 12.6. The van der Waals surface area contributed by atoms with Crippen LogP contribution in [-0.2, 0) is 0 Å². The zero-order valence-corrected chi connectivity index (χ0v) is 11.3. The van der Waals surface area contributed by atoms with Gasteiger partial charge in [0.05, 0.1) is 6.20 Å². The SMILES string of the molecule is CC(C)(C)N1CCC[C@@H]1c1cc(F)cnc1Cl. The summed E-state index contributed by atoms with van der Waals surface area (Å²) in [6, 6.07) is 1.70. The van der Waals surface area contributed by atoms with Gasteiger partial charge < -0.3 is 0 Å². The monoisotopic (exact) mass is 256 g/mol. The van der Waals surface area contributed by atoms with Gasteiger partial charge in [0, 0.05) is 17.1 Å². The van der Waals surface area contributed by atoms with E-state index in [0.29, 0.717) is 5.15 Å². The average molecular weight is 257 g/mol. The van der Waals surface area contributed by atoms with Gasteiger partial charge in [0.1, 0.15) is 11.0 Å². The third-order valence-corrected chi connectivity index (χ3v) is 3.62. The minimum Gasteiger partial charge on any atom is -0.291 e. The highest BCUT2D eigenvalue weighted by Gasteiger charge is 2.35. The number of likely N-dealkylation sites (tertiary alicyclic amines) is 1. The fourth-order valence-corrected chi connectivity index (χ4v) is 2.79. The second-order valence-electron chi connectivity index (χ2n) is 5.56. The molecule has 0 unspecified atom stereocenters. The molecule has 2 rings (SSSR count). The molecular weight excluding hydrogens is 239 g/mol. The van der Waals surface area contributed by atoms with Crippen LogP contribution in [0.15, 0.2) is 12.3 Å². The number of rotatable bonds is 1. The van der Waals surface area contributed by atoms with Crippen LogP contribution >= 0.6 is 11.6 Å². The number of hydrogen-bond acceptors (Lipinski definition) is 2. The fourth-order valence-electron chi connectivity index (χ4n) is 2.56. The summed E-state index contributed by atoms with van der Waals surface area (Å²) >= 11 is 6.09. The van der Waals surface area contributed by atoms with E-state index in [1.807, 2.05) is 0 Å². The van der Waals surface area contributed by atoms with Crippen molar-refractivity contribution in [3.8, 4) is 0 Å². The lowest BCUT2D eigenvalue weighted by Gasteiger charge is -2.37. The van der Waals surface area contributed by atoms with Crippen molar-refractivity contribution < 1.29 is 4.39 Å². The van der Waals surface area contributed by atoms with Crippen LogP contribution in [0.1, 0.15) is 45.2 Å². The summed E-state index contributed by atoms with van der Waals surface area (Å²) in [6.45, 7) is 7.55. The van der Waals surface area contributed by atoms with Gasteiger partial charge in [-0.2, -0.15) is 0 Å². The number of pyridine rings is 1. The van der Waals surface area contributed by atoms with Crippen LogP contribution in [0.3, 0.4) is 0 Å². The lowest BCUT2D eigenvalue weighted by Crippen LogP contribution is -2.40. The summed E-state index contributed by atoms with van der Waals surface area (Å²) in [5, 5.41) is 0.424. The molecule has 1 aliphatic rings. The molecule has 0 bridgehead atoms.